The number of nitrogens with one attached hydrogen (secondary N) is 2. The maximum atomic E-state index is 7.82. The lowest BCUT2D eigenvalue weighted by Gasteiger charge is -2.11. The highest BCUT2D eigenvalue weighted by molar-refractivity contribution is 6.04. The van der Waals surface area contributed by atoms with Gasteiger partial charge in [-0.25, -0.2) is 0 Å². The fourth-order valence-corrected chi connectivity index (χ4v) is 3.85. The Morgan fingerprint density at radius 3 is 1.91 bits per heavy atom. The summed E-state index contributed by atoms with van der Waals surface area (Å²) in [4.78, 5) is 0. The summed E-state index contributed by atoms with van der Waals surface area (Å²) in [7, 11) is 1.96. The third-order valence-electron chi connectivity index (χ3n) is 5.54. The third kappa shape index (κ3) is 5.82. The van der Waals surface area contributed by atoms with Gasteiger partial charge >= 0.3 is 0 Å². The maximum absolute atomic E-state index is 7.82. The summed E-state index contributed by atoms with van der Waals surface area (Å²) in [5.74, 6) is 0. The van der Waals surface area contributed by atoms with Crippen molar-refractivity contribution in [3.8, 4) is 0 Å². The number of hydrogen-bond donors (Lipinski definition) is 2. The average molecular weight is 429 g/mol. The normalized spacial score (nSPS) is 13.7. The third-order valence-corrected chi connectivity index (χ3v) is 5.54. The highest BCUT2D eigenvalue weighted by Crippen LogP contribution is 2.27. The molecular formula is C31H28N2. The minimum atomic E-state index is 0.517. The lowest BCUT2D eigenvalue weighted by atomic mass is 9.94. The van der Waals surface area contributed by atoms with Gasteiger partial charge in [0.1, 0.15) is 0 Å². The van der Waals surface area contributed by atoms with Gasteiger partial charge in [0, 0.05) is 6.54 Å². The van der Waals surface area contributed by atoms with Crippen molar-refractivity contribution in [2.24, 2.45) is 0 Å². The van der Waals surface area contributed by atoms with Gasteiger partial charge in [-0.15, -0.1) is 0 Å². The Balaban J connectivity index is 1.74. The predicted molar refractivity (Wildman–Crippen MR) is 141 cm³/mol. The van der Waals surface area contributed by atoms with Crippen LogP contribution in [0.3, 0.4) is 0 Å². The minimum absolute atomic E-state index is 0.517. The maximum Gasteiger partial charge on any atom is 0.0540 e. The molecule has 0 bridgehead atoms. The molecule has 0 spiro atoms. The second-order valence-corrected chi connectivity index (χ2v) is 7.89. The molecule has 0 atom stereocenters. The average Bonchev–Trinajstić information content (AvgIpc) is 2.87. The summed E-state index contributed by atoms with van der Waals surface area (Å²) in [6, 6.07) is 29.6. The van der Waals surface area contributed by atoms with Gasteiger partial charge in [0.25, 0.3) is 0 Å². The van der Waals surface area contributed by atoms with Crippen molar-refractivity contribution >= 4 is 16.9 Å². The zero-order valence-corrected chi connectivity index (χ0v) is 18.8. The van der Waals surface area contributed by atoms with Gasteiger partial charge in [0.15, 0.2) is 0 Å². The van der Waals surface area contributed by atoms with Crippen LogP contribution in [0.5, 0.6) is 0 Å². The Hall–Kier alpha value is -4.01. The molecule has 2 N–H and O–H groups in total. The van der Waals surface area contributed by atoms with E-state index >= 15 is 0 Å². The smallest absolute Gasteiger partial charge is 0.0540 e. The first-order valence-electron chi connectivity index (χ1n) is 11.2. The largest absolute Gasteiger partial charge is 0.316 e. The van der Waals surface area contributed by atoms with Crippen LogP contribution in [-0.2, 0) is 6.54 Å². The molecule has 162 valence electrons. The molecule has 0 amide bonds. The second-order valence-electron chi connectivity index (χ2n) is 7.89. The molecule has 0 aliphatic heterocycles. The SMILES string of the molecule is CNCc1ccc(C(=CC=CC(=C2C=CC(=N)C=C2)c2ccccc2)c2ccccc2)cc1. The van der Waals surface area contributed by atoms with E-state index in [4.69, 9.17) is 5.41 Å². The van der Waals surface area contributed by atoms with Gasteiger partial charge in [0.2, 0.25) is 0 Å². The summed E-state index contributed by atoms with van der Waals surface area (Å²) in [5.41, 5.74) is 8.70. The number of rotatable bonds is 7. The van der Waals surface area contributed by atoms with Gasteiger partial charge in [-0.1, -0.05) is 115 Å². The van der Waals surface area contributed by atoms with Crippen LogP contribution in [0.1, 0.15) is 22.3 Å². The van der Waals surface area contributed by atoms with E-state index in [1.807, 2.05) is 43.5 Å². The molecule has 1 aliphatic carbocycles. The van der Waals surface area contributed by atoms with Crippen LogP contribution in [-0.4, -0.2) is 12.8 Å². The van der Waals surface area contributed by atoms with E-state index < -0.39 is 0 Å². The van der Waals surface area contributed by atoms with E-state index in [1.165, 1.54) is 22.3 Å². The van der Waals surface area contributed by atoms with Crippen molar-refractivity contribution in [1.29, 1.82) is 5.41 Å². The molecule has 3 aromatic rings. The molecular weight excluding hydrogens is 400 g/mol. The fourth-order valence-electron chi connectivity index (χ4n) is 3.85. The Labute approximate surface area is 196 Å². The van der Waals surface area contributed by atoms with E-state index in [9.17, 15) is 0 Å². The minimum Gasteiger partial charge on any atom is -0.316 e. The molecule has 0 fully saturated rings. The van der Waals surface area contributed by atoms with Crippen molar-refractivity contribution in [2.75, 3.05) is 7.05 Å². The molecule has 0 radical (unpaired) electrons. The van der Waals surface area contributed by atoms with Gasteiger partial charge < -0.3 is 10.7 Å². The van der Waals surface area contributed by atoms with Crippen LogP contribution in [0.2, 0.25) is 0 Å². The zero-order chi connectivity index (χ0) is 22.9. The van der Waals surface area contributed by atoms with Crippen molar-refractivity contribution in [3.63, 3.8) is 0 Å². The van der Waals surface area contributed by atoms with Crippen molar-refractivity contribution in [1.82, 2.24) is 5.32 Å². The van der Waals surface area contributed by atoms with E-state index in [2.05, 4.69) is 96.3 Å². The highest BCUT2D eigenvalue weighted by Gasteiger charge is 2.07. The fraction of sp³-hybridized carbons (Fsp3) is 0.0645. The summed E-state index contributed by atoms with van der Waals surface area (Å²) < 4.78 is 0. The van der Waals surface area contributed by atoms with Crippen LogP contribution >= 0.6 is 0 Å². The lowest BCUT2D eigenvalue weighted by molar-refractivity contribution is 0.818. The van der Waals surface area contributed by atoms with Crippen molar-refractivity contribution in [3.05, 3.63) is 155 Å². The van der Waals surface area contributed by atoms with Crippen LogP contribution in [0, 0.1) is 5.41 Å². The summed E-state index contributed by atoms with van der Waals surface area (Å²) in [6.45, 7) is 0.858. The van der Waals surface area contributed by atoms with E-state index in [1.54, 1.807) is 0 Å². The molecule has 0 aromatic heterocycles. The molecule has 4 rings (SSSR count). The first-order chi connectivity index (χ1) is 16.2. The Kier molecular flexibility index (Phi) is 7.42. The number of hydrogen-bond acceptors (Lipinski definition) is 2. The second kappa shape index (κ2) is 11.0. The molecule has 3 aromatic carbocycles. The van der Waals surface area contributed by atoms with E-state index in [0.29, 0.717) is 5.71 Å². The summed E-state index contributed by atoms with van der Waals surface area (Å²) >= 11 is 0. The number of allylic oxidation sites excluding steroid dienone is 9. The first kappa shape index (κ1) is 22.2. The standard InChI is InChI=1S/C31H28N2/c1-33-23-24-15-17-27(18-16-24)30(25-9-4-2-5-10-25)13-8-14-31(26-11-6-3-7-12-26)28-19-21-29(32)22-20-28/h2-22,32-33H,23H2,1H3. The summed E-state index contributed by atoms with van der Waals surface area (Å²) in [6.07, 6.45) is 14.2. The highest BCUT2D eigenvalue weighted by atomic mass is 14.8. The predicted octanol–water partition coefficient (Wildman–Crippen LogP) is 6.99. The number of benzene rings is 3. The molecule has 0 saturated carbocycles. The van der Waals surface area contributed by atoms with Crippen molar-refractivity contribution in [2.45, 2.75) is 6.54 Å². The Morgan fingerprint density at radius 2 is 1.30 bits per heavy atom. The van der Waals surface area contributed by atoms with Gasteiger partial charge in [-0.3, -0.25) is 0 Å². The van der Waals surface area contributed by atoms with E-state index in [-0.39, 0.29) is 0 Å². The topological polar surface area (TPSA) is 35.9 Å². The van der Waals surface area contributed by atoms with Crippen molar-refractivity contribution < 1.29 is 0 Å². The van der Waals surface area contributed by atoms with Crippen LogP contribution in [0.4, 0.5) is 0 Å². The Morgan fingerprint density at radius 1 is 0.727 bits per heavy atom. The van der Waals surface area contributed by atoms with Crippen LogP contribution in [0.25, 0.3) is 11.1 Å². The molecule has 1 aliphatic rings. The molecule has 0 heterocycles. The quantitative estimate of drug-likeness (QED) is 0.391. The zero-order valence-electron chi connectivity index (χ0n) is 18.8. The van der Waals surface area contributed by atoms with Crippen LogP contribution in [0.15, 0.2) is 133 Å². The molecule has 2 nitrogen and oxygen atoms in total. The molecule has 0 unspecified atom stereocenters. The van der Waals surface area contributed by atoms with Gasteiger partial charge in [0.05, 0.1) is 5.71 Å². The van der Waals surface area contributed by atoms with Crippen LogP contribution < -0.4 is 5.32 Å². The van der Waals surface area contributed by atoms with Gasteiger partial charge in [-0.05, 0) is 58.2 Å². The monoisotopic (exact) mass is 428 g/mol. The summed E-state index contributed by atoms with van der Waals surface area (Å²) in [5, 5.41) is 11.0. The Bertz CT molecular complexity index is 1220. The molecule has 33 heavy (non-hydrogen) atoms. The molecule has 2 heteroatoms. The lowest BCUT2D eigenvalue weighted by Crippen LogP contribution is -2.04. The first-order valence-corrected chi connectivity index (χ1v) is 11.2. The molecule has 0 saturated heterocycles. The van der Waals surface area contributed by atoms with E-state index in [0.717, 1.165) is 23.3 Å². The van der Waals surface area contributed by atoms with Gasteiger partial charge in [-0.2, -0.15) is 0 Å².